The van der Waals surface area contributed by atoms with E-state index in [4.69, 9.17) is 4.42 Å². The predicted molar refractivity (Wildman–Crippen MR) is 54.8 cm³/mol. The van der Waals surface area contributed by atoms with E-state index in [2.05, 4.69) is 5.32 Å². The van der Waals surface area contributed by atoms with E-state index in [-0.39, 0.29) is 11.9 Å². The van der Waals surface area contributed by atoms with Crippen molar-refractivity contribution in [1.29, 1.82) is 0 Å². The summed E-state index contributed by atoms with van der Waals surface area (Å²) in [6.07, 6.45) is 5.58. The largest absolute Gasteiger partial charge is 0.469 e. The van der Waals surface area contributed by atoms with E-state index in [1.807, 2.05) is 26.0 Å². The van der Waals surface area contributed by atoms with E-state index < -0.39 is 0 Å². The molecule has 1 amide bonds. The molecule has 3 nitrogen and oxygen atoms in total. The smallest absolute Gasteiger partial charge is 0.243 e. The van der Waals surface area contributed by atoms with Gasteiger partial charge in [0.2, 0.25) is 5.91 Å². The van der Waals surface area contributed by atoms with Crippen LogP contribution in [0.2, 0.25) is 0 Å². The second-order valence-corrected chi connectivity index (χ2v) is 3.19. The normalized spacial score (nSPS) is 13.0. The predicted octanol–water partition coefficient (Wildman–Crippen LogP) is 1.90. The van der Waals surface area contributed by atoms with Crippen LogP contribution in [0.3, 0.4) is 0 Å². The first-order chi connectivity index (χ1) is 6.72. The highest BCUT2D eigenvalue weighted by Gasteiger charge is 2.06. The molecule has 1 N–H and O–H groups in total. The van der Waals surface area contributed by atoms with Gasteiger partial charge >= 0.3 is 0 Å². The Morgan fingerprint density at radius 2 is 2.50 bits per heavy atom. The zero-order chi connectivity index (χ0) is 10.4. The van der Waals surface area contributed by atoms with Crippen molar-refractivity contribution in [3.8, 4) is 0 Å². The second-order valence-electron chi connectivity index (χ2n) is 3.19. The Labute approximate surface area is 83.8 Å². The fourth-order valence-electron chi connectivity index (χ4n) is 1.22. The molecule has 0 aliphatic carbocycles. The van der Waals surface area contributed by atoms with Crippen molar-refractivity contribution in [2.75, 3.05) is 0 Å². The van der Waals surface area contributed by atoms with Crippen molar-refractivity contribution >= 4 is 5.91 Å². The van der Waals surface area contributed by atoms with Gasteiger partial charge in [0.05, 0.1) is 6.26 Å². The molecule has 1 atom stereocenters. The Bertz CT molecular complexity index is 301. The summed E-state index contributed by atoms with van der Waals surface area (Å²) >= 11 is 0. The molecule has 0 spiro atoms. The number of carbonyl (C=O) groups excluding carboxylic acids is 1. The van der Waals surface area contributed by atoms with Crippen LogP contribution < -0.4 is 5.32 Å². The molecule has 0 saturated heterocycles. The molecule has 1 heterocycles. The Morgan fingerprint density at radius 1 is 1.71 bits per heavy atom. The summed E-state index contributed by atoms with van der Waals surface area (Å²) in [7, 11) is 0. The third kappa shape index (κ3) is 3.47. The number of furan rings is 1. The average Bonchev–Trinajstić information content (AvgIpc) is 2.56. The average molecular weight is 193 g/mol. The highest BCUT2D eigenvalue weighted by molar-refractivity contribution is 5.87. The summed E-state index contributed by atoms with van der Waals surface area (Å²) in [6, 6.07) is 3.83. The molecule has 0 radical (unpaired) electrons. The van der Waals surface area contributed by atoms with Crippen LogP contribution >= 0.6 is 0 Å². The van der Waals surface area contributed by atoms with Gasteiger partial charge in [-0.3, -0.25) is 4.79 Å². The fraction of sp³-hybridized carbons (Fsp3) is 0.364. The Kier molecular flexibility index (Phi) is 3.98. The number of rotatable bonds is 4. The molecule has 14 heavy (non-hydrogen) atoms. The van der Waals surface area contributed by atoms with Gasteiger partial charge in [0.1, 0.15) is 5.76 Å². The van der Waals surface area contributed by atoms with E-state index in [1.54, 1.807) is 12.3 Å². The van der Waals surface area contributed by atoms with Crippen LogP contribution in [0, 0.1) is 0 Å². The van der Waals surface area contributed by atoms with Crippen LogP contribution in [0.25, 0.3) is 0 Å². The molecule has 0 aliphatic rings. The number of hydrogen-bond acceptors (Lipinski definition) is 2. The lowest BCUT2D eigenvalue weighted by atomic mass is 10.2. The maximum absolute atomic E-state index is 11.2. The Morgan fingerprint density at radius 3 is 3.07 bits per heavy atom. The summed E-state index contributed by atoms with van der Waals surface area (Å²) in [5, 5.41) is 2.83. The van der Waals surface area contributed by atoms with Crippen LogP contribution in [0.5, 0.6) is 0 Å². The molecule has 0 saturated carbocycles. The molecular weight excluding hydrogens is 178 g/mol. The van der Waals surface area contributed by atoms with Crippen molar-refractivity contribution in [1.82, 2.24) is 5.32 Å². The van der Waals surface area contributed by atoms with Crippen LogP contribution in [0.4, 0.5) is 0 Å². The maximum atomic E-state index is 11.2. The van der Waals surface area contributed by atoms with E-state index in [9.17, 15) is 4.79 Å². The molecule has 0 bridgehead atoms. The molecule has 1 unspecified atom stereocenters. The SMILES string of the molecule is CC=CC(=O)NC(C)Cc1ccco1. The number of allylic oxidation sites excluding steroid dienone is 1. The zero-order valence-corrected chi connectivity index (χ0v) is 8.49. The quantitative estimate of drug-likeness (QED) is 0.742. The van der Waals surface area contributed by atoms with Crippen LogP contribution in [0.1, 0.15) is 19.6 Å². The summed E-state index contributed by atoms with van der Waals surface area (Å²) < 4.78 is 5.18. The summed E-state index contributed by atoms with van der Waals surface area (Å²) in [5.41, 5.74) is 0. The lowest BCUT2D eigenvalue weighted by Gasteiger charge is -2.10. The van der Waals surface area contributed by atoms with Gasteiger partial charge in [-0.05, 0) is 32.1 Å². The number of nitrogens with one attached hydrogen (secondary N) is 1. The van der Waals surface area contributed by atoms with E-state index in [0.29, 0.717) is 0 Å². The molecular formula is C11H15NO2. The standard InChI is InChI=1S/C11H15NO2/c1-3-5-11(13)12-9(2)8-10-6-4-7-14-10/h3-7,9H,8H2,1-2H3,(H,12,13). The van der Waals surface area contributed by atoms with Crippen molar-refractivity contribution in [2.45, 2.75) is 26.3 Å². The minimum atomic E-state index is -0.0634. The minimum Gasteiger partial charge on any atom is -0.469 e. The first-order valence-corrected chi connectivity index (χ1v) is 4.68. The Hall–Kier alpha value is -1.51. The molecule has 0 aliphatic heterocycles. The van der Waals surface area contributed by atoms with Gasteiger partial charge in [-0.25, -0.2) is 0 Å². The van der Waals surface area contributed by atoms with Crippen LogP contribution in [0.15, 0.2) is 35.0 Å². The Balaban J connectivity index is 2.36. The van der Waals surface area contributed by atoms with Crippen molar-refractivity contribution < 1.29 is 9.21 Å². The van der Waals surface area contributed by atoms with E-state index in [0.717, 1.165) is 12.2 Å². The second kappa shape index (κ2) is 5.27. The molecule has 1 rings (SSSR count). The number of carbonyl (C=O) groups is 1. The zero-order valence-electron chi connectivity index (χ0n) is 8.49. The molecule has 0 aromatic carbocycles. The maximum Gasteiger partial charge on any atom is 0.243 e. The lowest BCUT2D eigenvalue weighted by Crippen LogP contribution is -2.32. The van der Waals surface area contributed by atoms with E-state index in [1.165, 1.54) is 6.08 Å². The van der Waals surface area contributed by atoms with Gasteiger partial charge in [0.15, 0.2) is 0 Å². The molecule has 3 heteroatoms. The highest BCUT2D eigenvalue weighted by Crippen LogP contribution is 2.03. The van der Waals surface area contributed by atoms with Crippen molar-refractivity contribution in [3.63, 3.8) is 0 Å². The molecule has 0 fully saturated rings. The molecule has 1 aromatic heterocycles. The number of hydrogen-bond donors (Lipinski definition) is 1. The summed E-state index contributed by atoms with van der Waals surface area (Å²) in [5.74, 6) is 0.824. The van der Waals surface area contributed by atoms with Gasteiger partial charge in [-0.15, -0.1) is 0 Å². The fourth-order valence-corrected chi connectivity index (χ4v) is 1.22. The molecule has 1 aromatic rings. The summed E-state index contributed by atoms with van der Waals surface area (Å²) in [6.45, 7) is 3.76. The minimum absolute atomic E-state index is 0.0634. The highest BCUT2D eigenvalue weighted by atomic mass is 16.3. The van der Waals surface area contributed by atoms with Gasteiger partial charge in [-0.1, -0.05) is 6.08 Å². The first-order valence-electron chi connectivity index (χ1n) is 4.68. The third-order valence-corrected chi connectivity index (χ3v) is 1.79. The van der Waals surface area contributed by atoms with E-state index >= 15 is 0 Å². The monoisotopic (exact) mass is 193 g/mol. The topological polar surface area (TPSA) is 42.2 Å². The van der Waals surface area contributed by atoms with Gasteiger partial charge in [0.25, 0.3) is 0 Å². The summed E-state index contributed by atoms with van der Waals surface area (Å²) in [4.78, 5) is 11.2. The van der Waals surface area contributed by atoms with Crippen LogP contribution in [-0.4, -0.2) is 11.9 Å². The van der Waals surface area contributed by atoms with Gasteiger partial charge in [0, 0.05) is 12.5 Å². The third-order valence-electron chi connectivity index (χ3n) is 1.79. The number of amides is 1. The lowest BCUT2D eigenvalue weighted by molar-refractivity contribution is -0.117. The first kappa shape index (κ1) is 10.6. The van der Waals surface area contributed by atoms with Crippen LogP contribution in [-0.2, 0) is 11.2 Å². The van der Waals surface area contributed by atoms with Gasteiger partial charge < -0.3 is 9.73 Å². The van der Waals surface area contributed by atoms with Crippen molar-refractivity contribution in [2.24, 2.45) is 0 Å². The van der Waals surface area contributed by atoms with Gasteiger partial charge in [-0.2, -0.15) is 0 Å². The molecule has 76 valence electrons. The van der Waals surface area contributed by atoms with Crippen molar-refractivity contribution in [3.05, 3.63) is 36.3 Å².